The molecule has 0 atom stereocenters. The maximum atomic E-state index is 13.4. The maximum Gasteiger partial charge on any atom is 0.275 e. The Balaban J connectivity index is 1.51. The van der Waals surface area contributed by atoms with Crippen LogP contribution >= 0.6 is 11.6 Å². The number of piperazine rings is 1. The summed E-state index contributed by atoms with van der Waals surface area (Å²) in [5.74, 6) is -0.104. The first kappa shape index (κ1) is 22.5. The zero-order valence-electron chi connectivity index (χ0n) is 18.5. The van der Waals surface area contributed by atoms with Gasteiger partial charge in [0.1, 0.15) is 0 Å². The quantitative estimate of drug-likeness (QED) is 0.504. The van der Waals surface area contributed by atoms with Crippen LogP contribution in [0.5, 0.6) is 0 Å². The van der Waals surface area contributed by atoms with Crippen LogP contribution in [0.4, 0.5) is 0 Å². The third-order valence-corrected chi connectivity index (χ3v) is 6.23. The molecule has 1 saturated heterocycles. The highest BCUT2D eigenvalue weighted by Crippen LogP contribution is 2.18. The number of nitrogens with zero attached hydrogens (tertiary/aromatic N) is 4. The lowest BCUT2D eigenvalue weighted by molar-refractivity contribution is 0.0622. The lowest BCUT2D eigenvalue weighted by atomic mass is 10.1. The lowest BCUT2D eigenvalue weighted by Crippen LogP contribution is -2.48. The number of carbonyl (C=O) groups is 1. The van der Waals surface area contributed by atoms with Crippen LogP contribution in [0, 0.1) is 0 Å². The summed E-state index contributed by atoms with van der Waals surface area (Å²) in [4.78, 5) is 30.5. The molecule has 168 valence electrons. The van der Waals surface area contributed by atoms with Gasteiger partial charge in [-0.1, -0.05) is 61.7 Å². The number of amides is 1. The molecule has 1 amide bonds. The first-order chi connectivity index (χ1) is 15.6. The predicted octanol–water partition coefficient (Wildman–Crippen LogP) is 4.20. The van der Waals surface area contributed by atoms with Crippen molar-refractivity contribution in [1.29, 1.82) is 0 Å². The molecule has 0 N–H and O–H groups in total. The number of halogens is 1. The van der Waals surface area contributed by atoms with E-state index in [-0.39, 0.29) is 11.5 Å². The van der Waals surface area contributed by atoms with Gasteiger partial charge in [-0.15, -0.1) is 0 Å². The van der Waals surface area contributed by atoms with Gasteiger partial charge in [-0.3, -0.25) is 14.5 Å². The van der Waals surface area contributed by atoms with E-state index in [2.05, 4.69) is 23.0 Å². The van der Waals surface area contributed by atoms with Crippen LogP contribution < -0.4 is 5.56 Å². The summed E-state index contributed by atoms with van der Waals surface area (Å²) in [7, 11) is 0. The Labute approximate surface area is 193 Å². The van der Waals surface area contributed by atoms with Gasteiger partial charge < -0.3 is 4.90 Å². The Morgan fingerprint density at radius 2 is 1.75 bits per heavy atom. The van der Waals surface area contributed by atoms with E-state index in [1.165, 1.54) is 10.2 Å². The van der Waals surface area contributed by atoms with Gasteiger partial charge in [0.2, 0.25) is 0 Å². The molecule has 3 aromatic rings. The SMILES string of the molecule is CCCCCn1nc(C(=O)N2CCN(Cc3cccc(Cl)c3)CC2)c2ccccc2c1=O. The number of hydrogen-bond acceptors (Lipinski definition) is 4. The summed E-state index contributed by atoms with van der Waals surface area (Å²) >= 11 is 6.10. The smallest absolute Gasteiger partial charge is 0.275 e. The summed E-state index contributed by atoms with van der Waals surface area (Å²) in [6.45, 7) is 6.29. The van der Waals surface area contributed by atoms with E-state index >= 15 is 0 Å². The van der Waals surface area contributed by atoms with Gasteiger partial charge in [-0.2, -0.15) is 5.10 Å². The number of hydrogen-bond donors (Lipinski definition) is 0. The van der Waals surface area contributed by atoms with Crippen LogP contribution in [0.3, 0.4) is 0 Å². The second-order valence-corrected chi connectivity index (χ2v) is 8.76. The number of aryl methyl sites for hydroxylation is 1. The maximum absolute atomic E-state index is 13.4. The van der Waals surface area contributed by atoms with E-state index in [1.54, 1.807) is 6.07 Å². The fourth-order valence-corrected chi connectivity index (χ4v) is 4.42. The summed E-state index contributed by atoms with van der Waals surface area (Å²) in [5.41, 5.74) is 1.42. The Bertz CT molecular complexity index is 1150. The van der Waals surface area contributed by atoms with Gasteiger partial charge in [0, 0.05) is 49.7 Å². The standard InChI is InChI=1S/C25H29ClN4O2/c1-2-3-6-12-30-24(31)22-11-5-4-10-21(22)23(27-30)25(32)29-15-13-28(14-16-29)18-19-8-7-9-20(26)17-19/h4-5,7-11,17H,2-3,6,12-16,18H2,1H3. The van der Waals surface area contributed by atoms with Gasteiger partial charge in [0.15, 0.2) is 5.69 Å². The molecule has 2 heterocycles. The van der Waals surface area contributed by atoms with Crippen molar-refractivity contribution in [3.63, 3.8) is 0 Å². The summed E-state index contributed by atoms with van der Waals surface area (Å²) in [6, 6.07) is 15.2. The highest BCUT2D eigenvalue weighted by Gasteiger charge is 2.26. The summed E-state index contributed by atoms with van der Waals surface area (Å²) in [6.07, 6.45) is 2.96. The molecule has 0 aliphatic carbocycles. The van der Waals surface area contributed by atoms with Crippen molar-refractivity contribution in [3.8, 4) is 0 Å². The molecule has 1 fully saturated rings. The third-order valence-electron chi connectivity index (χ3n) is 6.00. The van der Waals surface area contributed by atoms with Crippen molar-refractivity contribution in [2.24, 2.45) is 0 Å². The predicted molar refractivity (Wildman–Crippen MR) is 128 cm³/mol. The monoisotopic (exact) mass is 452 g/mol. The molecule has 2 aromatic carbocycles. The number of fused-ring (bicyclic) bond motifs is 1. The average Bonchev–Trinajstić information content (AvgIpc) is 2.81. The molecular weight excluding hydrogens is 424 g/mol. The number of benzene rings is 2. The molecule has 0 spiro atoms. The number of rotatable bonds is 7. The Hall–Kier alpha value is -2.70. The summed E-state index contributed by atoms with van der Waals surface area (Å²) < 4.78 is 1.47. The Kier molecular flexibility index (Phi) is 7.22. The molecule has 1 aliphatic heterocycles. The number of aromatic nitrogens is 2. The molecule has 1 aromatic heterocycles. The van der Waals surface area contributed by atoms with Crippen LogP contribution in [0.1, 0.15) is 42.2 Å². The number of carbonyl (C=O) groups excluding carboxylic acids is 1. The summed E-state index contributed by atoms with van der Waals surface area (Å²) in [5, 5.41) is 6.46. The third kappa shape index (κ3) is 5.03. The molecule has 32 heavy (non-hydrogen) atoms. The minimum Gasteiger partial charge on any atom is -0.335 e. The van der Waals surface area contributed by atoms with E-state index in [0.29, 0.717) is 36.1 Å². The van der Waals surface area contributed by atoms with Crippen molar-refractivity contribution >= 4 is 28.3 Å². The minimum absolute atomic E-state index is 0.104. The van der Waals surface area contributed by atoms with Crippen molar-refractivity contribution in [2.75, 3.05) is 26.2 Å². The Morgan fingerprint density at radius 3 is 2.47 bits per heavy atom. The van der Waals surface area contributed by atoms with Gasteiger partial charge in [-0.25, -0.2) is 4.68 Å². The van der Waals surface area contributed by atoms with Crippen molar-refractivity contribution in [2.45, 2.75) is 39.3 Å². The van der Waals surface area contributed by atoms with Crippen LogP contribution in [0.25, 0.3) is 10.8 Å². The van der Waals surface area contributed by atoms with Crippen molar-refractivity contribution < 1.29 is 4.79 Å². The zero-order chi connectivity index (χ0) is 22.5. The van der Waals surface area contributed by atoms with Gasteiger partial charge in [0.25, 0.3) is 11.5 Å². The van der Waals surface area contributed by atoms with E-state index in [1.807, 2.05) is 41.3 Å². The molecule has 7 heteroatoms. The fraction of sp³-hybridized carbons (Fsp3) is 0.400. The second kappa shape index (κ2) is 10.3. The first-order valence-corrected chi connectivity index (χ1v) is 11.7. The van der Waals surface area contributed by atoms with Crippen LogP contribution in [-0.2, 0) is 13.1 Å². The van der Waals surface area contributed by atoms with Gasteiger partial charge in [-0.05, 0) is 30.2 Å². The molecule has 0 saturated carbocycles. The lowest BCUT2D eigenvalue weighted by Gasteiger charge is -2.34. The van der Waals surface area contributed by atoms with Crippen LogP contribution in [0.15, 0.2) is 53.3 Å². The van der Waals surface area contributed by atoms with Crippen molar-refractivity contribution in [3.05, 3.63) is 75.2 Å². The van der Waals surface area contributed by atoms with Crippen LogP contribution in [0.2, 0.25) is 5.02 Å². The van der Waals surface area contributed by atoms with Gasteiger partial charge >= 0.3 is 0 Å². The van der Waals surface area contributed by atoms with E-state index in [9.17, 15) is 9.59 Å². The molecule has 4 rings (SSSR count). The van der Waals surface area contributed by atoms with E-state index < -0.39 is 0 Å². The average molecular weight is 453 g/mol. The number of unbranched alkanes of at least 4 members (excludes halogenated alkanes) is 2. The normalized spacial score (nSPS) is 14.8. The largest absolute Gasteiger partial charge is 0.335 e. The zero-order valence-corrected chi connectivity index (χ0v) is 19.2. The van der Waals surface area contributed by atoms with Crippen LogP contribution in [-0.4, -0.2) is 51.7 Å². The molecular formula is C25H29ClN4O2. The Morgan fingerprint density at radius 1 is 1.00 bits per heavy atom. The second-order valence-electron chi connectivity index (χ2n) is 8.33. The molecule has 0 bridgehead atoms. The molecule has 6 nitrogen and oxygen atoms in total. The fourth-order valence-electron chi connectivity index (χ4n) is 4.21. The molecule has 0 radical (unpaired) electrons. The molecule has 1 aliphatic rings. The highest BCUT2D eigenvalue weighted by atomic mass is 35.5. The highest BCUT2D eigenvalue weighted by molar-refractivity contribution is 6.30. The first-order valence-electron chi connectivity index (χ1n) is 11.3. The molecule has 0 unspecified atom stereocenters. The van der Waals surface area contributed by atoms with Gasteiger partial charge in [0.05, 0.1) is 5.39 Å². The van der Waals surface area contributed by atoms with E-state index in [0.717, 1.165) is 43.9 Å². The minimum atomic E-state index is -0.125. The van der Waals surface area contributed by atoms with Crippen molar-refractivity contribution in [1.82, 2.24) is 19.6 Å². The van der Waals surface area contributed by atoms with E-state index in [4.69, 9.17) is 11.6 Å². The topological polar surface area (TPSA) is 58.4 Å².